The third kappa shape index (κ3) is 3.20. The van der Waals surface area contributed by atoms with Crippen molar-refractivity contribution in [3.63, 3.8) is 0 Å². The van der Waals surface area contributed by atoms with Crippen molar-refractivity contribution in [3.05, 3.63) is 57.6 Å². The molecule has 0 saturated heterocycles. The summed E-state index contributed by atoms with van der Waals surface area (Å²) in [7, 11) is 1.58. The van der Waals surface area contributed by atoms with Crippen molar-refractivity contribution in [2.75, 3.05) is 12.4 Å². The number of carbonyl (C=O) groups is 1. The van der Waals surface area contributed by atoms with Crippen molar-refractivity contribution in [1.29, 1.82) is 0 Å². The fourth-order valence-electron chi connectivity index (χ4n) is 1.99. The highest BCUT2D eigenvalue weighted by Crippen LogP contribution is 2.25. The average Bonchev–Trinajstić information content (AvgIpc) is 2.44. The van der Waals surface area contributed by atoms with E-state index in [1.54, 1.807) is 25.3 Å². The minimum atomic E-state index is -0.148. The van der Waals surface area contributed by atoms with E-state index in [-0.39, 0.29) is 5.91 Å². The van der Waals surface area contributed by atoms with Crippen molar-refractivity contribution < 1.29 is 9.53 Å². The predicted octanol–water partition coefficient (Wildman–Crippen LogP) is 4.33. The SMILES string of the molecule is COc1cccc(C(=O)Nc2cc(C)c(Br)c(C)c2)c1. The molecular weight excluding hydrogens is 318 g/mol. The van der Waals surface area contributed by atoms with E-state index in [0.717, 1.165) is 21.3 Å². The Labute approximate surface area is 127 Å². The second-order valence-electron chi connectivity index (χ2n) is 4.61. The van der Waals surface area contributed by atoms with Gasteiger partial charge in [-0.15, -0.1) is 0 Å². The van der Waals surface area contributed by atoms with Crippen LogP contribution in [-0.4, -0.2) is 13.0 Å². The number of aryl methyl sites for hydroxylation is 2. The van der Waals surface area contributed by atoms with Crippen molar-refractivity contribution in [2.45, 2.75) is 13.8 Å². The van der Waals surface area contributed by atoms with Crippen LogP contribution in [0.5, 0.6) is 5.75 Å². The number of nitrogens with one attached hydrogen (secondary N) is 1. The Morgan fingerprint density at radius 3 is 2.40 bits per heavy atom. The van der Waals surface area contributed by atoms with E-state index in [9.17, 15) is 4.79 Å². The lowest BCUT2D eigenvalue weighted by Crippen LogP contribution is -2.12. The molecule has 2 aromatic rings. The standard InChI is InChI=1S/C16H16BrNO2/c1-10-7-13(8-11(2)15(10)17)18-16(19)12-5-4-6-14(9-12)20-3/h4-9H,1-3H3,(H,18,19). The van der Waals surface area contributed by atoms with Crippen LogP contribution in [0.25, 0.3) is 0 Å². The van der Waals surface area contributed by atoms with Gasteiger partial charge in [0.15, 0.2) is 0 Å². The first-order valence-corrected chi connectivity index (χ1v) is 7.02. The summed E-state index contributed by atoms with van der Waals surface area (Å²) in [5, 5.41) is 2.90. The molecule has 0 aliphatic rings. The molecule has 2 rings (SSSR count). The van der Waals surface area contributed by atoms with Gasteiger partial charge in [0.1, 0.15) is 5.75 Å². The summed E-state index contributed by atoms with van der Waals surface area (Å²) in [6, 6.07) is 11.0. The van der Waals surface area contributed by atoms with Crippen LogP contribution in [0.15, 0.2) is 40.9 Å². The quantitative estimate of drug-likeness (QED) is 0.907. The van der Waals surface area contributed by atoms with Gasteiger partial charge in [0.2, 0.25) is 0 Å². The summed E-state index contributed by atoms with van der Waals surface area (Å²) in [4.78, 5) is 12.2. The molecule has 0 atom stereocenters. The first-order chi connectivity index (χ1) is 9.51. The van der Waals surface area contributed by atoms with Gasteiger partial charge in [0.05, 0.1) is 7.11 Å². The molecule has 0 aliphatic carbocycles. The molecule has 0 aliphatic heterocycles. The molecule has 0 fully saturated rings. The summed E-state index contributed by atoms with van der Waals surface area (Å²) < 4.78 is 6.19. The lowest BCUT2D eigenvalue weighted by molar-refractivity contribution is 0.102. The zero-order valence-electron chi connectivity index (χ0n) is 11.7. The largest absolute Gasteiger partial charge is 0.497 e. The minimum Gasteiger partial charge on any atom is -0.497 e. The van der Waals surface area contributed by atoms with Crippen LogP contribution >= 0.6 is 15.9 Å². The Bertz CT molecular complexity index is 630. The molecule has 0 bridgehead atoms. The van der Waals surface area contributed by atoms with Crippen LogP contribution in [0.3, 0.4) is 0 Å². The van der Waals surface area contributed by atoms with Gasteiger partial charge < -0.3 is 10.1 Å². The third-order valence-electron chi connectivity index (χ3n) is 3.03. The number of amides is 1. The van der Waals surface area contributed by atoms with E-state index in [0.29, 0.717) is 11.3 Å². The van der Waals surface area contributed by atoms with Crippen molar-refractivity contribution in [3.8, 4) is 5.75 Å². The summed E-state index contributed by atoms with van der Waals surface area (Å²) in [6.45, 7) is 4.00. The Kier molecular flexibility index (Phi) is 4.45. The van der Waals surface area contributed by atoms with E-state index in [2.05, 4.69) is 21.2 Å². The maximum Gasteiger partial charge on any atom is 0.255 e. The van der Waals surface area contributed by atoms with Gasteiger partial charge in [0, 0.05) is 15.7 Å². The van der Waals surface area contributed by atoms with E-state index >= 15 is 0 Å². The fourth-order valence-corrected chi connectivity index (χ4v) is 2.21. The van der Waals surface area contributed by atoms with Gasteiger partial charge in [-0.1, -0.05) is 22.0 Å². The first-order valence-electron chi connectivity index (χ1n) is 6.23. The molecule has 2 aromatic carbocycles. The second kappa shape index (κ2) is 6.09. The van der Waals surface area contributed by atoms with Crippen molar-refractivity contribution in [1.82, 2.24) is 0 Å². The highest BCUT2D eigenvalue weighted by molar-refractivity contribution is 9.10. The monoisotopic (exact) mass is 333 g/mol. The molecule has 1 amide bonds. The van der Waals surface area contributed by atoms with Gasteiger partial charge in [-0.3, -0.25) is 4.79 Å². The highest BCUT2D eigenvalue weighted by atomic mass is 79.9. The van der Waals surface area contributed by atoms with E-state index in [1.165, 1.54) is 0 Å². The average molecular weight is 334 g/mol. The smallest absolute Gasteiger partial charge is 0.255 e. The van der Waals surface area contributed by atoms with E-state index in [4.69, 9.17) is 4.74 Å². The number of halogens is 1. The fraction of sp³-hybridized carbons (Fsp3) is 0.188. The van der Waals surface area contributed by atoms with Gasteiger partial charge >= 0.3 is 0 Å². The van der Waals surface area contributed by atoms with Crippen LogP contribution in [0.1, 0.15) is 21.5 Å². The molecule has 1 N–H and O–H groups in total. The summed E-state index contributed by atoms with van der Waals surface area (Å²) >= 11 is 3.51. The Morgan fingerprint density at radius 2 is 1.80 bits per heavy atom. The minimum absolute atomic E-state index is 0.148. The van der Waals surface area contributed by atoms with Crippen molar-refractivity contribution >= 4 is 27.5 Å². The number of methoxy groups -OCH3 is 1. The highest BCUT2D eigenvalue weighted by Gasteiger charge is 2.09. The number of hydrogen-bond donors (Lipinski definition) is 1. The summed E-state index contributed by atoms with van der Waals surface area (Å²) in [6.07, 6.45) is 0. The molecule has 104 valence electrons. The van der Waals surface area contributed by atoms with Gasteiger partial charge in [-0.05, 0) is 55.3 Å². The first kappa shape index (κ1) is 14.6. The zero-order chi connectivity index (χ0) is 14.7. The number of hydrogen-bond acceptors (Lipinski definition) is 2. The molecule has 0 aromatic heterocycles. The summed E-state index contributed by atoms with van der Waals surface area (Å²) in [5.74, 6) is 0.519. The molecule has 20 heavy (non-hydrogen) atoms. The molecule has 3 nitrogen and oxygen atoms in total. The zero-order valence-corrected chi connectivity index (χ0v) is 13.2. The third-order valence-corrected chi connectivity index (χ3v) is 4.28. The second-order valence-corrected chi connectivity index (χ2v) is 5.40. The topological polar surface area (TPSA) is 38.3 Å². The summed E-state index contributed by atoms with van der Waals surface area (Å²) in [5.41, 5.74) is 3.54. The predicted molar refractivity (Wildman–Crippen MR) is 84.6 cm³/mol. The lowest BCUT2D eigenvalue weighted by atomic mass is 10.1. The van der Waals surface area contributed by atoms with Crippen LogP contribution in [0.2, 0.25) is 0 Å². The van der Waals surface area contributed by atoms with Crippen LogP contribution < -0.4 is 10.1 Å². The number of anilines is 1. The maximum absolute atomic E-state index is 12.2. The van der Waals surface area contributed by atoms with Gasteiger partial charge in [-0.2, -0.15) is 0 Å². The maximum atomic E-state index is 12.2. The molecule has 0 unspecified atom stereocenters. The Morgan fingerprint density at radius 1 is 1.15 bits per heavy atom. The van der Waals surface area contributed by atoms with Gasteiger partial charge in [-0.25, -0.2) is 0 Å². The molecule has 4 heteroatoms. The lowest BCUT2D eigenvalue weighted by Gasteiger charge is -2.10. The molecule has 0 saturated carbocycles. The van der Waals surface area contributed by atoms with Crippen LogP contribution in [-0.2, 0) is 0 Å². The molecule has 0 heterocycles. The Balaban J connectivity index is 2.23. The van der Waals surface area contributed by atoms with Crippen LogP contribution in [0.4, 0.5) is 5.69 Å². The van der Waals surface area contributed by atoms with Gasteiger partial charge in [0.25, 0.3) is 5.91 Å². The van der Waals surface area contributed by atoms with E-state index < -0.39 is 0 Å². The van der Waals surface area contributed by atoms with E-state index in [1.807, 2.05) is 32.0 Å². The number of benzene rings is 2. The normalized spacial score (nSPS) is 10.2. The number of ether oxygens (including phenoxy) is 1. The Hall–Kier alpha value is -1.81. The number of rotatable bonds is 3. The number of carbonyl (C=O) groups excluding carboxylic acids is 1. The molecular formula is C16H16BrNO2. The molecule has 0 spiro atoms. The molecule has 0 radical (unpaired) electrons. The van der Waals surface area contributed by atoms with Crippen LogP contribution in [0, 0.1) is 13.8 Å². The van der Waals surface area contributed by atoms with Crippen molar-refractivity contribution in [2.24, 2.45) is 0 Å².